The molecular formula is C29H16ClIN2O6. The molecule has 39 heavy (non-hydrogen) atoms. The van der Waals surface area contributed by atoms with Gasteiger partial charge in [-0.3, -0.25) is 9.59 Å². The van der Waals surface area contributed by atoms with Gasteiger partial charge < -0.3 is 19.8 Å². The van der Waals surface area contributed by atoms with E-state index in [1.54, 1.807) is 41.0 Å². The van der Waals surface area contributed by atoms with E-state index in [0.29, 0.717) is 54.2 Å². The maximum Gasteiger partial charge on any atom is 0.335 e. The number of hydrogen-bond donors (Lipinski definition) is 3. The van der Waals surface area contributed by atoms with Crippen LogP contribution in [-0.4, -0.2) is 31.7 Å². The summed E-state index contributed by atoms with van der Waals surface area (Å²) in [5.74, 6) is -2.53. The molecule has 0 fully saturated rings. The van der Waals surface area contributed by atoms with Gasteiger partial charge in [0.2, 0.25) is 0 Å². The highest BCUT2D eigenvalue weighted by Crippen LogP contribution is 2.27. The highest BCUT2D eigenvalue weighted by molar-refractivity contribution is 14.1. The number of carbonyl (C=O) groups is 2. The number of aromatic carboxylic acids is 2. The summed E-state index contributed by atoms with van der Waals surface area (Å²) < 4.78 is 2.67. The Hall–Kier alpha value is -4.22. The molecule has 0 saturated carbocycles. The summed E-state index contributed by atoms with van der Waals surface area (Å²) in [5, 5.41) is 21.0. The molecule has 0 aliphatic rings. The molecule has 0 aliphatic carbocycles. The third-order valence-corrected chi connectivity index (χ3v) is 7.64. The van der Waals surface area contributed by atoms with E-state index in [-0.39, 0.29) is 28.5 Å². The molecule has 2 aromatic heterocycles. The van der Waals surface area contributed by atoms with Gasteiger partial charge in [-0.15, -0.1) is 0 Å². The molecule has 6 aromatic rings. The molecule has 2 heterocycles. The van der Waals surface area contributed by atoms with E-state index in [9.17, 15) is 29.4 Å². The first kappa shape index (κ1) is 25.1. The van der Waals surface area contributed by atoms with Gasteiger partial charge in [0.05, 0.1) is 27.7 Å². The molecule has 0 bridgehead atoms. The third kappa shape index (κ3) is 4.23. The van der Waals surface area contributed by atoms with Crippen LogP contribution in [0.15, 0.2) is 76.3 Å². The SMILES string of the molecule is O=C(O)c1cc(Cn2c3ccc(Cl)cc3c(=O)c3cc4[nH]c5ccc(I)cc5c(=O)c4cc32)cc(C(=O)O)c1. The zero-order chi connectivity index (χ0) is 27.6. The van der Waals surface area contributed by atoms with Crippen molar-refractivity contribution in [2.75, 3.05) is 0 Å². The fourth-order valence-electron chi connectivity index (χ4n) is 4.97. The second kappa shape index (κ2) is 9.21. The molecule has 6 rings (SSSR count). The van der Waals surface area contributed by atoms with Gasteiger partial charge in [0, 0.05) is 42.2 Å². The fraction of sp³-hybridized carbons (Fsp3) is 0.0345. The van der Waals surface area contributed by atoms with E-state index >= 15 is 0 Å². The largest absolute Gasteiger partial charge is 0.478 e. The van der Waals surface area contributed by atoms with Crippen molar-refractivity contribution in [2.24, 2.45) is 0 Å². The molecule has 0 spiro atoms. The lowest BCUT2D eigenvalue weighted by Gasteiger charge is -2.17. The number of nitrogens with zero attached hydrogens (tertiary/aromatic N) is 1. The minimum Gasteiger partial charge on any atom is -0.478 e. The van der Waals surface area contributed by atoms with Crippen LogP contribution >= 0.6 is 34.2 Å². The molecular weight excluding hydrogens is 635 g/mol. The Bertz CT molecular complexity index is 2150. The monoisotopic (exact) mass is 650 g/mol. The quantitative estimate of drug-likeness (QED) is 0.162. The van der Waals surface area contributed by atoms with Crippen molar-refractivity contribution in [3.8, 4) is 0 Å². The van der Waals surface area contributed by atoms with E-state index < -0.39 is 11.9 Å². The van der Waals surface area contributed by atoms with E-state index in [2.05, 4.69) is 27.6 Å². The van der Waals surface area contributed by atoms with Crippen LogP contribution in [0.4, 0.5) is 0 Å². The number of pyridine rings is 2. The number of carboxylic acid groups (broad SMARTS) is 2. The summed E-state index contributed by atoms with van der Waals surface area (Å²) >= 11 is 8.37. The Morgan fingerprint density at radius 3 is 2.08 bits per heavy atom. The smallest absolute Gasteiger partial charge is 0.335 e. The number of H-pyrrole nitrogens is 1. The average Bonchev–Trinajstić information content (AvgIpc) is 2.91. The maximum absolute atomic E-state index is 13.6. The van der Waals surface area contributed by atoms with Gasteiger partial charge in [0.1, 0.15) is 0 Å². The summed E-state index contributed by atoms with van der Waals surface area (Å²) in [6.07, 6.45) is 0. The summed E-state index contributed by atoms with van der Waals surface area (Å²) in [4.78, 5) is 53.8. The molecule has 0 aliphatic heterocycles. The molecule has 8 nitrogen and oxygen atoms in total. The Morgan fingerprint density at radius 2 is 1.38 bits per heavy atom. The van der Waals surface area contributed by atoms with Crippen LogP contribution in [0.3, 0.4) is 0 Å². The zero-order valence-corrected chi connectivity index (χ0v) is 22.7. The number of rotatable bonds is 4. The lowest BCUT2D eigenvalue weighted by molar-refractivity contribution is 0.0696. The average molecular weight is 651 g/mol. The summed E-state index contributed by atoms with van der Waals surface area (Å²) in [5.41, 5.74) is 1.64. The zero-order valence-electron chi connectivity index (χ0n) is 19.8. The van der Waals surface area contributed by atoms with E-state index in [4.69, 9.17) is 11.6 Å². The van der Waals surface area contributed by atoms with Crippen molar-refractivity contribution in [1.82, 2.24) is 9.55 Å². The van der Waals surface area contributed by atoms with Gasteiger partial charge in [-0.25, -0.2) is 9.59 Å². The molecule has 0 radical (unpaired) electrons. The maximum atomic E-state index is 13.6. The number of carboxylic acids is 2. The number of benzene rings is 4. The molecule has 192 valence electrons. The second-order valence-electron chi connectivity index (χ2n) is 9.16. The van der Waals surface area contributed by atoms with Crippen LogP contribution in [0.2, 0.25) is 5.02 Å². The van der Waals surface area contributed by atoms with E-state index in [1.807, 2.05) is 12.1 Å². The summed E-state index contributed by atoms with van der Waals surface area (Å²) in [7, 11) is 0. The molecule has 0 amide bonds. The van der Waals surface area contributed by atoms with Gasteiger partial charge >= 0.3 is 11.9 Å². The van der Waals surface area contributed by atoms with Gasteiger partial charge in [0.15, 0.2) is 10.9 Å². The topological polar surface area (TPSA) is 129 Å². The first-order valence-electron chi connectivity index (χ1n) is 11.6. The predicted molar refractivity (Wildman–Crippen MR) is 159 cm³/mol. The van der Waals surface area contributed by atoms with Crippen molar-refractivity contribution in [3.63, 3.8) is 0 Å². The van der Waals surface area contributed by atoms with Crippen molar-refractivity contribution < 1.29 is 19.8 Å². The number of halogens is 2. The molecule has 4 aromatic carbocycles. The van der Waals surface area contributed by atoms with Crippen LogP contribution in [0.1, 0.15) is 26.3 Å². The number of hydrogen-bond acceptors (Lipinski definition) is 4. The molecule has 3 N–H and O–H groups in total. The Kier molecular flexibility index (Phi) is 5.92. The van der Waals surface area contributed by atoms with Crippen LogP contribution in [0.5, 0.6) is 0 Å². The second-order valence-corrected chi connectivity index (χ2v) is 10.8. The minimum absolute atomic E-state index is 0.0329. The highest BCUT2D eigenvalue weighted by Gasteiger charge is 2.17. The Balaban J connectivity index is 1.73. The van der Waals surface area contributed by atoms with Gasteiger partial charge in [-0.2, -0.15) is 0 Å². The van der Waals surface area contributed by atoms with E-state index in [1.165, 1.54) is 12.1 Å². The van der Waals surface area contributed by atoms with Crippen LogP contribution in [-0.2, 0) is 6.54 Å². The minimum atomic E-state index is -1.26. The Morgan fingerprint density at radius 1 is 0.744 bits per heavy atom. The number of nitrogens with one attached hydrogen (secondary N) is 1. The lowest BCUT2D eigenvalue weighted by Crippen LogP contribution is -2.14. The Labute approximate surface area is 237 Å². The summed E-state index contributed by atoms with van der Waals surface area (Å²) in [6, 6.07) is 17.5. The van der Waals surface area contributed by atoms with E-state index in [0.717, 1.165) is 9.64 Å². The molecule has 0 unspecified atom stereocenters. The fourth-order valence-corrected chi connectivity index (χ4v) is 5.64. The first-order chi connectivity index (χ1) is 18.6. The number of aromatic amines is 1. The van der Waals surface area contributed by atoms with Gasteiger partial charge in [-0.05, 0) is 94.9 Å². The van der Waals surface area contributed by atoms with Gasteiger partial charge in [0.25, 0.3) is 0 Å². The predicted octanol–water partition coefficient (Wildman–Crippen LogP) is 5.85. The van der Waals surface area contributed by atoms with Crippen LogP contribution in [0, 0.1) is 3.57 Å². The van der Waals surface area contributed by atoms with Crippen molar-refractivity contribution in [3.05, 3.63) is 112 Å². The van der Waals surface area contributed by atoms with Crippen LogP contribution < -0.4 is 10.9 Å². The number of fused-ring (bicyclic) bond motifs is 4. The number of aromatic nitrogens is 2. The van der Waals surface area contributed by atoms with Crippen molar-refractivity contribution >= 4 is 89.7 Å². The molecule has 0 saturated heterocycles. The normalized spacial score (nSPS) is 11.5. The lowest BCUT2D eigenvalue weighted by atomic mass is 10.0. The summed E-state index contributed by atoms with van der Waals surface area (Å²) in [6.45, 7) is 0.0329. The van der Waals surface area contributed by atoms with Crippen molar-refractivity contribution in [2.45, 2.75) is 6.54 Å². The molecule has 10 heteroatoms. The molecule has 0 atom stereocenters. The highest BCUT2D eigenvalue weighted by atomic mass is 127. The first-order valence-corrected chi connectivity index (χ1v) is 13.1. The van der Waals surface area contributed by atoms with Crippen molar-refractivity contribution in [1.29, 1.82) is 0 Å². The van der Waals surface area contributed by atoms with Crippen LogP contribution in [0.25, 0.3) is 43.6 Å². The third-order valence-electron chi connectivity index (χ3n) is 6.73. The standard InChI is InChI=1S/C29H16ClIN2O6/c30-16-1-4-24-20(8-16)27(35)21-10-23-19(26(34)18-9-17(31)2-3-22(18)32-23)11-25(21)33(24)12-13-5-14(28(36)37)7-15(6-13)29(38)39/h1-11H,12H2,(H,32,34)(H,36,37)(H,38,39). The van der Waals surface area contributed by atoms with Gasteiger partial charge in [-0.1, -0.05) is 11.6 Å².